The van der Waals surface area contributed by atoms with Gasteiger partial charge >= 0.3 is 0 Å². The lowest BCUT2D eigenvalue weighted by Gasteiger charge is -2.27. The number of non-ortho nitro benzene ring substituents is 1. The minimum absolute atomic E-state index is 0.0740. The van der Waals surface area contributed by atoms with E-state index in [-0.39, 0.29) is 36.8 Å². The molecule has 1 unspecified atom stereocenters. The average molecular weight is 462 g/mol. The summed E-state index contributed by atoms with van der Waals surface area (Å²) in [5.41, 5.74) is 0.638. The van der Waals surface area contributed by atoms with Gasteiger partial charge in [0.15, 0.2) is 6.29 Å². The van der Waals surface area contributed by atoms with Gasteiger partial charge < -0.3 is 29.5 Å². The highest BCUT2D eigenvalue weighted by molar-refractivity contribution is 5.71. The van der Waals surface area contributed by atoms with Gasteiger partial charge in [-0.3, -0.25) is 10.1 Å². The summed E-state index contributed by atoms with van der Waals surface area (Å²) in [4.78, 5) is 15.2. The van der Waals surface area contributed by atoms with Crippen molar-refractivity contribution in [2.24, 2.45) is 0 Å². The summed E-state index contributed by atoms with van der Waals surface area (Å²) >= 11 is 0. The lowest BCUT2D eigenvalue weighted by atomic mass is 9.85. The van der Waals surface area contributed by atoms with Crippen molar-refractivity contribution in [3.8, 4) is 17.0 Å². The summed E-state index contributed by atoms with van der Waals surface area (Å²) in [6.07, 6.45) is 2.65. The number of pyridine rings is 1. The number of ether oxygens (including phenoxy) is 3. The SMILES string of the molecule is Cc1ccc([N+](=O)[O-])cc1-c1cc(OCCOC2CCCCO2)nc(C(CO)(CO)CO)c1. The van der Waals surface area contributed by atoms with Crippen LogP contribution in [0.15, 0.2) is 30.3 Å². The Hall–Kier alpha value is -2.63. The van der Waals surface area contributed by atoms with Crippen molar-refractivity contribution in [2.45, 2.75) is 37.9 Å². The Bertz CT molecular complexity index is 934. The molecule has 180 valence electrons. The Morgan fingerprint density at radius 2 is 1.91 bits per heavy atom. The highest BCUT2D eigenvalue weighted by Crippen LogP contribution is 2.33. The van der Waals surface area contributed by atoms with Gasteiger partial charge in [-0.1, -0.05) is 6.07 Å². The number of benzene rings is 1. The van der Waals surface area contributed by atoms with Crippen molar-refractivity contribution in [3.05, 3.63) is 51.7 Å². The van der Waals surface area contributed by atoms with Gasteiger partial charge in [-0.2, -0.15) is 0 Å². The zero-order valence-electron chi connectivity index (χ0n) is 18.6. The summed E-state index contributed by atoms with van der Waals surface area (Å²) < 4.78 is 17.0. The molecule has 0 amide bonds. The van der Waals surface area contributed by atoms with E-state index >= 15 is 0 Å². The monoisotopic (exact) mass is 462 g/mol. The highest BCUT2D eigenvalue weighted by Gasteiger charge is 2.33. The molecule has 1 aromatic carbocycles. The van der Waals surface area contributed by atoms with Gasteiger partial charge in [0.2, 0.25) is 5.88 Å². The van der Waals surface area contributed by atoms with Crippen LogP contribution >= 0.6 is 0 Å². The summed E-state index contributed by atoms with van der Waals surface area (Å²) in [6, 6.07) is 7.73. The van der Waals surface area contributed by atoms with Gasteiger partial charge in [-0.05, 0) is 48.9 Å². The number of hydrogen-bond donors (Lipinski definition) is 3. The van der Waals surface area contributed by atoms with Crippen molar-refractivity contribution >= 4 is 5.69 Å². The number of aryl methyl sites for hydroxylation is 1. The fraction of sp³-hybridized carbons (Fsp3) is 0.522. The number of nitro groups is 1. The molecule has 1 atom stereocenters. The first-order chi connectivity index (χ1) is 15.9. The van der Waals surface area contributed by atoms with Gasteiger partial charge in [0.25, 0.3) is 5.69 Å². The van der Waals surface area contributed by atoms with Crippen LogP contribution in [0.2, 0.25) is 0 Å². The number of rotatable bonds is 11. The lowest BCUT2D eigenvalue weighted by molar-refractivity contribution is -0.384. The van der Waals surface area contributed by atoms with E-state index in [9.17, 15) is 25.4 Å². The van der Waals surface area contributed by atoms with E-state index in [0.29, 0.717) is 17.7 Å². The summed E-state index contributed by atoms with van der Waals surface area (Å²) in [5.74, 6) is 0.182. The Kier molecular flexibility index (Phi) is 8.70. The Labute approximate surface area is 191 Å². The van der Waals surface area contributed by atoms with Gasteiger partial charge in [0.05, 0.1) is 42.5 Å². The second-order valence-electron chi connectivity index (χ2n) is 8.11. The minimum atomic E-state index is -1.41. The molecule has 0 aliphatic carbocycles. The third-order valence-electron chi connectivity index (χ3n) is 5.77. The molecular weight excluding hydrogens is 432 g/mol. The second-order valence-corrected chi connectivity index (χ2v) is 8.11. The van der Waals surface area contributed by atoms with E-state index in [0.717, 1.165) is 24.8 Å². The third kappa shape index (κ3) is 6.04. The Morgan fingerprint density at radius 3 is 2.55 bits per heavy atom. The van der Waals surface area contributed by atoms with Crippen LogP contribution in [0, 0.1) is 17.0 Å². The van der Waals surface area contributed by atoms with E-state index < -0.39 is 30.2 Å². The summed E-state index contributed by atoms with van der Waals surface area (Å²) in [7, 11) is 0. The lowest BCUT2D eigenvalue weighted by Crippen LogP contribution is -2.39. The normalized spacial score (nSPS) is 16.5. The molecule has 0 radical (unpaired) electrons. The third-order valence-corrected chi connectivity index (χ3v) is 5.77. The molecule has 0 saturated carbocycles. The standard InChI is InChI=1S/C23H30N2O8/c1-16-5-6-18(25(29)30)12-19(16)17-10-20(23(13-26,14-27)15-28)24-21(11-17)31-8-9-33-22-4-2-3-7-32-22/h5-6,10-12,22,26-28H,2-4,7-9,13-15H2,1H3. The largest absolute Gasteiger partial charge is 0.475 e. The predicted molar refractivity (Wildman–Crippen MR) is 119 cm³/mol. The molecule has 0 spiro atoms. The minimum Gasteiger partial charge on any atom is -0.475 e. The van der Waals surface area contributed by atoms with Crippen LogP contribution in [-0.4, -0.2) is 71.2 Å². The van der Waals surface area contributed by atoms with Gasteiger partial charge in [0.1, 0.15) is 6.61 Å². The smallest absolute Gasteiger partial charge is 0.270 e. The Balaban J connectivity index is 1.90. The maximum absolute atomic E-state index is 11.3. The van der Waals surface area contributed by atoms with E-state index in [1.54, 1.807) is 18.2 Å². The number of hydrogen-bond acceptors (Lipinski definition) is 9. The van der Waals surface area contributed by atoms with E-state index in [1.165, 1.54) is 12.1 Å². The van der Waals surface area contributed by atoms with E-state index in [1.807, 2.05) is 6.92 Å². The van der Waals surface area contributed by atoms with E-state index in [2.05, 4.69) is 4.98 Å². The molecular formula is C23H30N2O8. The van der Waals surface area contributed by atoms with Crippen molar-refractivity contribution in [3.63, 3.8) is 0 Å². The molecule has 10 heteroatoms. The molecule has 1 aliphatic rings. The van der Waals surface area contributed by atoms with Crippen molar-refractivity contribution in [1.82, 2.24) is 4.98 Å². The maximum Gasteiger partial charge on any atom is 0.270 e. The summed E-state index contributed by atoms with van der Waals surface area (Å²) in [6.45, 7) is 1.28. The van der Waals surface area contributed by atoms with Crippen molar-refractivity contribution < 1.29 is 34.5 Å². The number of aromatic nitrogens is 1. The maximum atomic E-state index is 11.3. The molecule has 1 aliphatic heterocycles. The van der Waals surface area contributed by atoms with Gasteiger partial charge in [0, 0.05) is 24.8 Å². The fourth-order valence-corrected chi connectivity index (χ4v) is 3.60. The number of aliphatic hydroxyl groups is 3. The molecule has 0 bridgehead atoms. The molecule has 1 aromatic heterocycles. The van der Waals surface area contributed by atoms with Crippen LogP contribution in [0.3, 0.4) is 0 Å². The zero-order valence-corrected chi connectivity index (χ0v) is 18.6. The zero-order chi connectivity index (χ0) is 23.8. The van der Waals surface area contributed by atoms with Crippen LogP contribution in [0.5, 0.6) is 5.88 Å². The molecule has 3 rings (SSSR count). The van der Waals surface area contributed by atoms with Crippen LogP contribution in [0.1, 0.15) is 30.5 Å². The fourth-order valence-electron chi connectivity index (χ4n) is 3.60. The van der Waals surface area contributed by atoms with Crippen LogP contribution in [-0.2, 0) is 14.9 Å². The summed E-state index contributed by atoms with van der Waals surface area (Å²) in [5, 5.41) is 40.9. The number of nitrogens with zero attached hydrogens (tertiary/aromatic N) is 2. The van der Waals surface area contributed by atoms with Crippen LogP contribution in [0.25, 0.3) is 11.1 Å². The molecule has 3 N–H and O–H groups in total. The predicted octanol–water partition coefficient (Wildman–Crippen LogP) is 2.10. The molecule has 33 heavy (non-hydrogen) atoms. The average Bonchev–Trinajstić information content (AvgIpc) is 2.84. The first kappa shape index (κ1) is 25.0. The van der Waals surface area contributed by atoms with Gasteiger partial charge in [-0.25, -0.2) is 4.98 Å². The molecule has 2 heterocycles. The van der Waals surface area contributed by atoms with Crippen LogP contribution in [0.4, 0.5) is 5.69 Å². The topological polar surface area (TPSA) is 144 Å². The van der Waals surface area contributed by atoms with Crippen molar-refractivity contribution in [2.75, 3.05) is 39.6 Å². The number of nitro benzene ring substituents is 1. The van der Waals surface area contributed by atoms with Crippen molar-refractivity contribution in [1.29, 1.82) is 0 Å². The first-order valence-corrected chi connectivity index (χ1v) is 10.9. The molecule has 2 aromatic rings. The Morgan fingerprint density at radius 1 is 1.15 bits per heavy atom. The van der Waals surface area contributed by atoms with E-state index in [4.69, 9.17) is 14.2 Å². The molecule has 10 nitrogen and oxygen atoms in total. The molecule has 1 saturated heterocycles. The van der Waals surface area contributed by atoms with Gasteiger partial charge in [-0.15, -0.1) is 0 Å². The second kappa shape index (κ2) is 11.5. The first-order valence-electron chi connectivity index (χ1n) is 10.9. The molecule has 1 fully saturated rings. The van der Waals surface area contributed by atoms with Crippen LogP contribution < -0.4 is 4.74 Å². The quantitative estimate of drug-likeness (QED) is 0.260. The highest BCUT2D eigenvalue weighted by atomic mass is 16.7. The number of aliphatic hydroxyl groups excluding tert-OH is 3.